The van der Waals surface area contributed by atoms with Crippen LogP contribution in [0.1, 0.15) is 94.9 Å². The first kappa shape index (κ1) is 22.9. The summed E-state index contributed by atoms with van der Waals surface area (Å²) in [6.07, 6.45) is 3.72. The lowest BCUT2D eigenvalue weighted by molar-refractivity contribution is -0.278. The molecule has 0 aliphatic heterocycles. The summed E-state index contributed by atoms with van der Waals surface area (Å²) in [5.74, 6) is -1.00. The summed E-state index contributed by atoms with van der Waals surface area (Å²) in [6, 6.07) is 0. The predicted octanol–water partition coefficient (Wildman–Crippen LogP) is 5.69. The molecule has 0 saturated heterocycles. The molecule has 4 nitrogen and oxygen atoms in total. The highest BCUT2D eigenvalue weighted by atomic mass is 17.2. The number of hydrogen-bond donors (Lipinski definition) is 0. The fraction of sp³-hybridized carbons (Fsp3) is 0.900. The maximum Gasteiger partial charge on any atom is 0.361 e. The molecule has 0 saturated carbocycles. The van der Waals surface area contributed by atoms with E-state index in [1.807, 2.05) is 55.4 Å². The van der Waals surface area contributed by atoms with Gasteiger partial charge in [-0.2, -0.15) is 0 Å². The van der Waals surface area contributed by atoms with Crippen molar-refractivity contribution in [3.05, 3.63) is 0 Å². The van der Waals surface area contributed by atoms with Crippen LogP contribution in [0, 0.1) is 21.7 Å². The smallest absolute Gasteiger partial charge is 0.247 e. The molecule has 0 aromatic heterocycles. The van der Waals surface area contributed by atoms with Gasteiger partial charge in [0.2, 0.25) is 0 Å². The summed E-state index contributed by atoms with van der Waals surface area (Å²) in [4.78, 5) is 34.9. The van der Waals surface area contributed by atoms with Crippen LogP contribution in [0.2, 0.25) is 0 Å². The Balaban J connectivity index is 5.02. The predicted molar refractivity (Wildman–Crippen MR) is 97.1 cm³/mol. The molecule has 24 heavy (non-hydrogen) atoms. The lowest BCUT2D eigenvalue weighted by Crippen LogP contribution is -2.44. The Morgan fingerprint density at radius 3 is 1.08 bits per heavy atom. The topological polar surface area (TPSA) is 52.6 Å². The summed E-state index contributed by atoms with van der Waals surface area (Å²) < 4.78 is 0. The van der Waals surface area contributed by atoms with Crippen molar-refractivity contribution in [1.29, 1.82) is 0 Å². The summed E-state index contributed by atoms with van der Waals surface area (Å²) in [6.45, 7) is 19.7. The first-order valence-electron chi connectivity index (χ1n) is 9.10. The van der Waals surface area contributed by atoms with Gasteiger partial charge in [-0.3, -0.25) is 0 Å². The van der Waals surface area contributed by atoms with E-state index in [0.29, 0.717) is 0 Å². The monoisotopic (exact) mass is 342 g/mol. The van der Waals surface area contributed by atoms with Crippen LogP contribution in [-0.2, 0) is 19.4 Å². The van der Waals surface area contributed by atoms with Crippen molar-refractivity contribution in [2.75, 3.05) is 0 Å². The molecule has 0 amide bonds. The van der Waals surface area contributed by atoms with Gasteiger partial charge in [-0.1, -0.05) is 54.4 Å². The highest BCUT2D eigenvalue weighted by molar-refractivity contribution is 5.80. The van der Waals surface area contributed by atoms with Crippen molar-refractivity contribution in [1.82, 2.24) is 0 Å². The minimum absolute atomic E-state index is 0.248. The Bertz CT molecular complexity index is 403. The number of rotatable bonds is 8. The second-order valence-electron chi connectivity index (χ2n) is 9.26. The van der Waals surface area contributed by atoms with E-state index in [0.717, 1.165) is 25.7 Å². The zero-order valence-electron chi connectivity index (χ0n) is 17.5. The van der Waals surface area contributed by atoms with Crippen LogP contribution in [0.5, 0.6) is 0 Å². The third kappa shape index (κ3) is 4.73. The van der Waals surface area contributed by atoms with Crippen LogP contribution in [0.4, 0.5) is 0 Å². The summed E-state index contributed by atoms with van der Waals surface area (Å²) in [5, 5.41) is 0. The molecule has 0 atom stereocenters. The highest BCUT2D eigenvalue weighted by Crippen LogP contribution is 2.45. The normalized spacial score (nSPS) is 13.6. The second kappa shape index (κ2) is 7.88. The highest BCUT2D eigenvalue weighted by Gasteiger charge is 2.47. The minimum Gasteiger partial charge on any atom is -0.247 e. The zero-order valence-corrected chi connectivity index (χ0v) is 17.5. The van der Waals surface area contributed by atoms with E-state index >= 15 is 0 Å². The van der Waals surface area contributed by atoms with Gasteiger partial charge >= 0.3 is 11.9 Å². The first-order chi connectivity index (χ1) is 10.7. The molecular weight excluding hydrogens is 304 g/mol. The average molecular weight is 343 g/mol. The van der Waals surface area contributed by atoms with E-state index < -0.39 is 22.8 Å². The van der Waals surface area contributed by atoms with Crippen LogP contribution in [0.3, 0.4) is 0 Å². The number of hydrogen-bond acceptors (Lipinski definition) is 4. The molecule has 0 aliphatic carbocycles. The lowest BCUT2D eigenvalue weighted by atomic mass is 9.65. The molecular formula is C20H38O4. The molecule has 0 aliphatic rings. The Hall–Kier alpha value is -1.06. The lowest BCUT2D eigenvalue weighted by Gasteiger charge is -2.40. The van der Waals surface area contributed by atoms with Gasteiger partial charge in [0, 0.05) is 0 Å². The Kier molecular flexibility index (Phi) is 7.53. The van der Waals surface area contributed by atoms with Crippen molar-refractivity contribution in [3.8, 4) is 0 Å². The molecule has 0 aromatic rings. The molecule has 0 N–H and O–H groups in total. The maximum absolute atomic E-state index is 12.5. The molecule has 0 bridgehead atoms. The molecule has 0 aromatic carbocycles. The molecule has 0 radical (unpaired) electrons. The van der Waals surface area contributed by atoms with E-state index in [1.165, 1.54) is 0 Å². The number of carbonyl (C=O) groups excluding carboxylic acids is 2. The number of carbonyl (C=O) groups is 2. The van der Waals surface area contributed by atoms with Gasteiger partial charge < -0.3 is 0 Å². The van der Waals surface area contributed by atoms with Gasteiger partial charge in [-0.15, -0.1) is 0 Å². The van der Waals surface area contributed by atoms with E-state index in [-0.39, 0.29) is 10.8 Å². The van der Waals surface area contributed by atoms with Gasteiger partial charge in [0.05, 0.1) is 10.8 Å². The summed E-state index contributed by atoms with van der Waals surface area (Å²) >= 11 is 0. The van der Waals surface area contributed by atoms with Gasteiger partial charge in [-0.05, 0) is 51.4 Å². The third-order valence-corrected chi connectivity index (χ3v) is 6.35. The fourth-order valence-electron chi connectivity index (χ4n) is 2.71. The van der Waals surface area contributed by atoms with Crippen LogP contribution in [-0.4, -0.2) is 11.9 Å². The van der Waals surface area contributed by atoms with Crippen molar-refractivity contribution in [3.63, 3.8) is 0 Å². The van der Waals surface area contributed by atoms with Gasteiger partial charge in [0.1, 0.15) is 0 Å². The van der Waals surface area contributed by atoms with Gasteiger partial charge in [-0.25, -0.2) is 19.4 Å². The van der Waals surface area contributed by atoms with Gasteiger partial charge in [0.25, 0.3) is 0 Å². The maximum atomic E-state index is 12.5. The Morgan fingerprint density at radius 1 is 0.625 bits per heavy atom. The Morgan fingerprint density at radius 2 is 0.875 bits per heavy atom. The minimum atomic E-state index is -0.744. The molecule has 142 valence electrons. The summed E-state index contributed by atoms with van der Waals surface area (Å²) in [7, 11) is 0. The van der Waals surface area contributed by atoms with Crippen molar-refractivity contribution in [2.24, 2.45) is 21.7 Å². The van der Waals surface area contributed by atoms with Crippen molar-refractivity contribution >= 4 is 11.9 Å². The van der Waals surface area contributed by atoms with E-state index in [4.69, 9.17) is 9.78 Å². The fourth-order valence-corrected chi connectivity index (χ4v) is 2.71. The van der Waals surface area contributed by atoms with Crippen molar-refractivity contribution < 1.29 is 19.4 Å². The molecule has 4 heteroatoms. The first-order valence-corrected chi connectivity index (χ1v) is 9.10. The Labute approximate surface area is 148 Å². The van der Waals surface area contributed by atoms with Crippen LogP contribution >= 0.6 is 0 Å². The van der Waals surface area contributed by atoms with E-state index in [9.17, 15) is 9.59 Å². The molecule has 0 unspecified atom stereocenters. The van der Waals surface area contributed by atoms with Crippen LogP contribution < -0.4 is 0 Å². The second-order valence-corrected chi connectivity index (χ2v) is 9.26. The third-order valence-electron chi connectivity index (χ3n) is 6.35. The standard InChI is InChI=1S/C20H38O4/c1-11-13-17(3,4)19(7,8)15(21)23-24-16(22)20(9,10)18(5,6)14-12-2/h11-14H2,1-10H3. The average Bonchev–Trinajstić information content (AvgIpc) is 2.43. The largest absolute Gasteiger partial charge is 0.361 e. The quantitative estimate of drug-likeness (QED) is 0.420. The SMILES string of the molecule is CCCC(C)(C)C(C)(C)C(=O)OOC(=O)C(C)(C)C(C)(C)CCC. The molecule has 0 fully saturated rings. The van der Waals surface area contributed by atoms with Crippen LogP contribution in [0.25, 0.3) is 0 Å². The molecule has 0 spiro atoms. The van der Waals surface area contributed by atoms with Gasteiger partial charge in [0.15, 0.2) is 0 Å². The molecule has 0 rings (SSSR count). The van der Waals surface area contributed by atoms with E-state index in [1.54, 1.807) is 0 Å². The summed E-state index contributed by atoms with van der Waals surface area (Å²) in [5.41, 5.74) is -1.98. The van der Waals surface area contributed by atoms with Crippen molar-refractivity contribution in [2.45, 2.75) is 94.9 Å². The van der Waals surface area contributed by atoms with Crippen LogP contribution in [0.15, 0.2) is 0 Å². The molecule has 0 heterocycles. The van der Waals surface area contributed by atoms with E-state index in [2.05, 4.69) is 13.8 Å². The zero-order chi connectivity index (χ0) is 19.4.